The average molecular weight is 226 g/mol. The smallest absolute Gasteiger partial charge is 0.407 e. The molecule has 1 heterocycles. The average Bonchev–Trinajstić information content (AvgIpc) is 2.19. The Morgan fingerprint density at radius 2 is 2.06 bits per heavy atom. The first-order valence-electron chi connectivity index (χ1n) is 5.51. The van der Waals surface area contributed by atoms with Gasteiger partial charge in [0.15, 0.2) is 0 Å². The Hall–Kier alpha value is -1.21. The van der Waals surface area contributed by atoms with E-state index < -0.39 is 5.60 Å². The molecule has 0 saturated carbocycles. The van der Waals surface area contributed by atoms with Gasteiger partial charge in [0, 0.05) is 12.6 Å². The molecule has 1 fully saturated rings. The molecular weight excluding hydrogens is 204 g/mol. The summed E-state index contributed by atoms with van der Waals surface area (Å²) in [4.78, 5) is 11.4. The monoisotopic (exact) mass is 226 g/mol. The number of carbonyl (C=O) groups excluding carboxylic acids is 1. The summed E-state index contributed by atoms with van der Waals surface area (Å²) in [7, 11) is 0. The van der Waals surface area contributed by atoms with Crippen molar-refractivity contribution >= 4 is 6.09 Å². The van der Waals surface area contributed by atoms with Crippen LogP contribution >= 0.6 is 0 Å². The van der Waals surface area contributed by atoms with E-state index in [2.05, 4.69) is 23.5 Å². The van der Waals surface area contributed by atoms with Crippen LogP contribution in [-0.4, -0.2) is 30.8 Å². The van der Waals surface area contributed by atoms with Crippen molar-refractivity contribution in [3.05, 3.63) is 0 Å². The maximum Gasteiger partial charge on any atom is 0.407 e. The van der Waals surface area contributed by atoms with Gasteiger partial charge in [0.1, 0.15) is 5.60 Å². The zero-order valence-electron chi connectivity index (χ0n) is 10.4. The third kappa shape index (κ3) is 7.13. The molecule has 0 aliphatic carbocycles. The van der Waals surface area contributed by atoms with Crippen molar-refractivity contribution in [3.8, 4) is 12.8 Å². The van der Waals surface area contributed by atoms with Gasteiger partial charge < -0.3 is 15.4 Å². The highest BCUT2D eigenvalue weighted by molar-refractivity contribution is 5.68. The van der Waals surface area contributed by atoms with Crippen LogP contribution in [0.1, 0.15) is 33.6 Å². The van der Waals surface area contributed by atoms with Gasteiger partial charge >= 0.3 is 6.09 Å². The fourth-order valence-electron chi connectivity index (χ4n) is 1.45. The van der Waals surface area contributed by atoms with Gasteiger partial charge in [-0.3, -0.25) is 0 Å². The van der Waals surface area contributed by atoms with Crippen LogP contribution in [-0.2, 0) is 4.74 Å². The standard InChI is InChI=1S/C10H20N2O2.C2H2/c1-10(2,3)14-9(13)12-8-5-4-6-11-7-8;1-2/h8,11H,4-7H2,1-3H3,(H,12,13);1-2H/t8-;/m1./s1. The highest BCUT2D eigenvalue weighted by Crippen LogP contribution is 2.08. The zero-order chi connectivity index (χ0) is 12.6. The minimum absolute atomic E-state index is 0.221. The van der Waals surface area contributed by atoms with E-state index in [-0.39, 0.29) is 12.1 Å². The summed E-state index contributed by atoms with van der Waals surface area (Å²) >= 11 is 0. The molecule has 0 spiro atoms. The summed E-state index contributed by atoms with van der Waals surface area (Å²) in [5.74, 6) is 0. The fraction of sp³-hybridized carbons (Fsp3) is 0.750. The van der Waals surface area contributed by atoms with Gasteiger partial charge in [-0.25, -0.2) is 4.79 Å². The van der Waals surface area contributed by atoms with Gasteiger partial charge in [-0.2, -0.15) is 0 Å². The topological polar surface area (TPSA) is 50.4 Å². The normalized spacial score (nSPS) is 20.2. The first kappa shape index (κ1) is 14.8. The van der Waals surface area contributed by atoms with Crippen LogP contribution < -0.4 is 10.6 Å². The second-order valence-electron chi connectivity index (χ2n) is 4.69. The quantitative estimate of drug-likeness (QED) is 0.666. The van der Waals surface area contributed by atoms with Gasteiger partial charge in [0.05, 0.1) is 0 Å². The van der Waals surface area contributed by atoms with E-state index in [4.69, 9.17) is 4.74 Å². The first-order chi connectivity index (χ1) is 7.47. The highest BCUT2D eigenvalue weighted by atomic mass is 16.6. The Kier molecular flexibility index (Phi) is 6.59. The Morgan fingerprint density at radius 3 is 2.50 bits per heavy atom. The lowest BCUT2D eigenvalue weighted by Crippen LogP contribution is -2.47. The molecule has 1 aliphatic heterocycles. The van der Waals surface area contributed by atoms with E-state index in [1.807, 2.05) is 20.8 Å². The van der Waals surface area contributed by atoms with E-state index in [1.165, 1.54) is 0 Å². The lowest BCUT2D eigenvalue weighted by Gasteiger charge is -2.26. The van der Waals surface area contributed by atoms with Crippen LogP contribution in [0.4, 0.5) is 4.79 Å². The fourth-order valence-corrected chi connectivity index (χ4v) is 1.45. The molecule has 92 valence electrons. The number of amides is 1. The summed E-state index contributed by atoms with van der Waals surface area (Å²) < 4.78 is 5.16. The van der Waals surface area contributed by atoms with Gasteiger partial charge in [-0.1, -0.05) is 0 Å². The molecule has 1 aliphatic rings. The number of hydrogen-bond donors (Lipinski definition) is 2. The van der Waals surface area contributed by atoms with Crippen molar-refractivity contribution in [2.24, 2.45) is 0 Å². The number of carbonyl (C=O) groups is 1. The Labute approximate surface area is 98.1 Å². The molecule has 0 aromatic rings. The predicted octanol–water partition coefficient (Wildman–Crippen LogP) is 1.51. The van der Waals surface area contributed by atoms with Crippen molar-refractivity contribution in [2.75, 3.05) is 13.1 Å². The lowest BCUT2D eigenvalue weighted by atomic mass is 10.1. The van der Waals surface area contributed by atoms with Crippen molar-refractivity contribution in [3.63, 3.8) is 0 Å². The summed E-state index contributed by atoms with van der Waals surface area (Å²) in [5, 5.41) is 6.08. The molecule has 0 aromatic heterocycles. The van der Waals surface area contributed by atoms with E-state index >= 15 is 0 Å². The van der Waals surface area contributed by atoms with E-state index in [0.717, 1.165) is 25.9 Å². The number of ether oxygens (including phenoxy) is 1. The highest BCUT2D eigenvalue weighted by Gasteiger charge is 2.20. The minimum atomic E-state index is -0.411. The summed E-state index contributed by atoms with van der Waals surface area (Å²) in [5.41, 5.74) is -0.411. The second kappa shape index (κ2) is 7.13. The number of piperidine rings is 1. The summed E-state index contributed by atoms with van der Waals surface area (Å²) in [6, 6.07) is 0.221. The van der Waals surface area contributed by atoms with Gasteiger partial charge in [0.2, 0.25) is 0 Å². The molecule has 1 rings (SSSR count). The number of nitrogens with one attached hydrogen (secondary N) is 2. The molecule has 0 bridgehead atoms. The van der Waals surface area contributed by atoms with Gasteiger partial charge in [0.25, 0.3) is 0 Å². The molecule has 1 amide bonds. The minimum Gasteiger partial charge on any atom is -0.444 e. The SMILES string of the molecule is C#C.CC(C)(C)OC(=O)N[C@@H]1CCCNC1. The van der Waals surface area contributed by atoms with E-state index in [0.29, 0.717) is 0 Å². The van der Waals surface area contributed by atoms with E-state index in [9.17, 15) is 4.79 Å². The number of alkyl carbamates (subject to hydrolysis) is 1. The number of rotatable bonds is 1. The maximum absolute atomic E-state index is 11.4. The van der Waals surface area contributed by atoms with Crippen LogP contribution in [0.25, 0.3) is 0 Å². The summed E-state index contributed by atoms with van der Waals surface area (Å²) in [6.07, 6.45) is 9.83. The number of hydrogen-bond acceptors (Lipinski definition) is 3. The first-order valence-corrected chi connectivity index (χ1v) is 5.51. The summed E-state index contributed by atoms with van der Waals surface area (Å²) in [6.45, 7) is 7.49. The molecule has 0 radical (unpaired) electrons. The molecule has 1 saturated heterocycles. The largest absolute Gasteiger partial charge is 0.444 e. The molecule has 4 nitrogen and oxygen atoms in total. The van der Waals surface area contributed by atoms with Crippen LogP contribution in [0.3, 0.4) is 0 Å². The molecule has 16 heavy (non-hydrogen) atoms. The van der Waals surface area contributed by atoms with Crippen molar-refractivity contribution in [2.45, 2.75) is 45.3 Å². The van der Waals surface area contributed by atoms with Gasteiger partial charge in [-0.15, -0.1) is 12.8 Å². The van der Waals surface area contributed by atoms with Crippen LogP contribution in [0.5, 0.6) is 0 Å². The van der Waals surface area contributed by atoms with Crippen LogP contribution in [0.15, 0.2) is 0 Å². The molecule has 0 aromatic carbocycles. The zero-order valence-corrected chi connectivity index (χ0v) is 10.4. The van der Waals surface area contributed by atoms with Crippen LogP contribution in [0, 0.1) is 12.8 Å². The van der Waals surface area contributed by atoms with Crippen LogP contribution in [0.2, 0.25) is 0 Å². The molecular formula is C12H22N2O2. The van der Waals surface area contributed by atoms with E-state index in [1.54, 1.807) is 0 Å². The van der Waals surface area contributed by atoms with Crippen molar-refractivity contribution in [1.29, 1.82) is 0 Å². The Morgan fingerprint density at radius 1 is 1.44 bits per heavy atom. The molecule has 2 N–H and O–H groups in total. The molecule has 1 atom stereocenters. The predicted molar refractivity (Wildman–Crippen MR) is 65.2 cm³/mol. The molecule has 0 unspecified atom stereocenters. The Balaban J connectivity index is 0.00000106. The maximum atomic E-state index is 11.4. The third-order valence-corrected chi connectivity index (χ3v) is 2.02. The molecule has 4 heteroatoms. The second-order valence-corrected chi connectivity index (χ2v) is 4.69. The number of terminal acetylenes is 1. The third-order valence-electron chi connectivity index (χ3n) is 2.02. The van der Waals surface area contributed by atoms with Gasteiger partial charge in [-0.05, 0) is 40.2 Å². The Bertz CT molecular complexity index is 225. The lowest BCUT2D eigenvalue weighted by molar-refractivity contribution is 0.0497. The van der Waals surface area contributed by atoms with Crippen molar-refractivity contribution in [1.82, 2.24) is 10.6 Å². The van der Waals surface area contributed by atoms with Crippen molar-refractivity contribution < 1.29 is 9.53 Å².